The molecule has 5 heteroatoms. The predicted molar refractivity (Wildman–Crippen MR) is 65.8 cm³/mol. The summed E-state index contributed by atoms with van der Waals surface area (Å²) in [5.74, 6) is 0. The van der Waals surface area contributed by atoms with Crippen molar-refractivity contribution in [3.63, 3.8) is 0 Å². The molecule has 0 aliphatic heterocycles. The molecule has 1 aromatic heterocycles. The van der Waals surface area contributed by atoms with Gasteiger partial charge in [-0.1, -0.05) is 0 Å². The molecule has 0 spiro atoms. The number of aromatic nitrogens is 1. The van der Waals surface area contributed by atoms with E-state index in [1.54, 1.807) is 24.0 Å². The number of nitrogens with one attached hydrogen (secondary N) is 1. The van der Waals surface area contributed by atoms with Crippen molar-refractivity contribution in [2.75, 3.05) is 26.8 Å². The molecule has 1 atom stereocenters. The van der Waals surface area contributed by atoms with Crippen molar-refractivity contribution in [2.24, 2.45) is 0 Å². The zero-order chi connectivity index (χ0) is 11.9. The van der Waals surface area contributed by atoms with Crippen LogP contribution in [0, 0.1) is 0 Å². The Hall–Kier alpha value is -0.490. The van der Waals surface area contributed by atoms with Gasteiger partial charge in [-0.25, -0.2) is 0 Å². The molecule has 0 aliphatic carbocycles. The summed E-state index contributed by atoms with van der Waals surface area (Å²) >= 11 is 1.59. The predicted octanol–water partition coefficient (Wildman–Crippen LogP) is 1.06. The van der Waals surface area contributed by atoms with Gasteiger partial charge in [0.2, 0.25) is 0 Å². The van der Waals surface area contributed by atoms with E-state index in [1.807, 2.05) is 13.1 Å². The number of hydrogen-bond acceptors (Lipinski definition) is 5. The molecule has 0 saturated heterocycles. The SMILES string of the molecule is COCCNCCC(C)(O)Cc1cncs1. The van der Waals surface area contributed by atoms with E-state index in [4.69, 9.17) is 4.74 Å². The number of nitrogens with zero attached hydrogens (tertiary/aromatic N) is 1. The van der Waals surface area contributed by atoms with Crippen LogP contribution >= 0.6 is 11.3 Å². The van der Waals surface area contributed by atoms with Gasteiger partial charge in [-0.2, -0.15) is 0 Å². The second-order valence-electron chi connectivity index (χ2n) is 4.13. The lowest BCUT2D eigenvalue weighted by Gasteiger charge is -2.22. The molecule has 0 bridgehead atoms. The molecular formula is C11H20N2O2S. The normalized spacial score (nSPS) is 14.9. The van der Waals surface area contributed by atoms with Gasteiger partial charge in [-0.15, -0.1) is 11.3 Å². The van der Waals surface area contributed by atoms with E-state index in [2.05, 4.69) is 10.3 Å². The maximum atomic E-state index is 10.2. The van der Waals surface area contributed by atoms with Gasteiger partial charge in [0.05, 0.1) is 17.7 Å². The minimum Gasteiger partial charge on any atom is -0.390 e. The van der Waals surface area contributed by atoms with Crippen LogP contribution in [0.4, 0.5) is 0 Å². The molecular weight excluding hydrogens is 224 g/mol. The summed E-state index contributed by atoms with van der Waals surface area (Å²) in [7, 11) is 1.68. The fraction of sp³-hybridized carbons (Fsp3) is 0.727. The van der Waals surface area contributed by atoms with Gasteiger partial charge in [0.25, 0.3) is 0 Å². The van der Waals surface area contributed by atoms with Crippen LogP contribution in [-0.4, -0.2) is 42.5 Å². The van der Waals surface area contributed by atoms with Gasteiger partial charge in [-0.3, -0.25) is 4.98 Å². The van der Waals surface area contributed by atoms with Gasteiger partial charge in [0, 0.05) is 31.1 Å². The van der Waals surface area contributed by atoms with E-state index in [0.717, 1.165) is 24.4 Å². The van der Waals surface area contributed by atoms with Gasteiger partial charge >= 0.3 is 0 Å². The van der Waals surface area contributed by atoms with Gasteiger partial charge in [0.15, 0.2) is 0 Å². The average Bonchev–Trinajstić information content (AvgIpc) is 2.69. The van der Waals surface area contributed by atoms with Gasteiger partial charge in [0.1, 0.15) is 0 Å². The summed E-state index contributed by atoms with van der Waals surface area (Å²) in [6.45, 7) is 4.20. The zero-order valence-electron chi connectivity index (χ0n) is 9.90. The van der Waals surface area contributed by atoms with Crippen LogP contribution in [0.3, 0.4) is 0 Å². The molecule has 92 valence electrons. The van der Waals surface area contributed by atoms with Crippen molar-refractivity contribution in [3.05, 3.63) is 16.6 Å². The minimum atomic E-state index is -0.660. The number of aliphatic hydroxyl groups is 1. The molecule has 1 rings (SSSR count). The van der Waals surface area contributed by atoms with E-state index in [-0.39, 0.29) is 0 Å². The van der Waals surface area contributed by atoms with Crippen LogP contribution in [0.5, 0.6) is 0 Å². The van der Waals surface area contributed by atoms with E-state index >= 15 is 0 Å². The van der Waals surface area contributed by atoms with Crippen LogP contribution < -0.4 is 5.32 Å². The monoisotopic (exact) mass is 244 g/mol. The minimum absolute atomic E-state index is 0.660. The second-order valence-corrected chi connectivity index (χ2v) is 5.11. The summed E-state index contributed by atoms with van der Waals surface area (Å²) in [5, 5.41) is 13.4. The summed E-state index contributed by atoms with van der Waals surface area (Å²) in [6.07, 6.45) is 3.22. The quantitative estimate of drug-likeness (QED) is 0.672. The van der Waals surface area contributed by atoms with E-state index < -0.39 is 5.60 Å². The van der Waals surface area contributed by atoms with Crippen molar-refractivity contribution in [1.29, 1.82) is 0 Å². The Morgan fingerprint density at radius 1 is 1.56 bits per heavy atom. The Morgan fingerprint density at radius 3 is 3.00 bits per heavy atom. The highest BCUT2D eigenvalue weighted by atomic mass is 32.1. The van der Waals surface area contributed by atoms with Crippen LogP contribution in [0.2, 0.25) is 0 Å². The smallest absolute Gasteiger partial charge is 0.0794 e. The topological polar surface area (TPSA) is 54.4 Å². The Balaban J connectivity index is 2.18. The van der Waals surface area contributed by atoms with Crippen LogP contribution in [0.25, 0.3) is 0 Å². The number of methoxy groups -OCH3 is 1. The highest BCUT2D eigenvalue weighted by Gasteiger charge is 2.20. The molecule has 0 aliphatic rings. The molecule has 0 fully saturated rings. The van der Waals surface area contributed by atoms with Crippen LogP contribution in [-0.2, 0) is 11.2 Å². The molecule has 16 heavy (non-hydrogen) atoms. The van der Waals surface area contributed by atoms with Crippen molar-refractivity contribution >= 4 is 11.3 Å². The summed E-state index contributed by atoms with van der Waals surface area (Å²) in [4.78, 5) is 5.13. The third kappa shape index (κ3) is 5.55. The van der Waals surface area contributed by atoms with Crippen molar-refractivity contribution in [2.45, 2.75) is 25.4 Å². The number of rotatable bonds is 8. The first-order chi connectivity index (χ1) is 7.64. The molecule has 2 N–H and O–H groups in total. The molecule has 0 radical (unpaired) electrons. The van der Waals surface area contributed by atoms with Crippen molar-refractivity contribution < 1.29 is 9.84 Å². The van der Waals surface area contributed by atoms with E-state index in [1.165, 1.54) is 0 Å². The fourth-order valence-electron chi connectivity index (χ4n) is 1.45. The Labute approximate surface area is 101 Å². The van der Waals surface area contributed by atoms with Gasteiger partial charge in [-0.05, 0) is 19.9 Å². The lowest BCUT2D eigenvalue weighted by atomic mass is 9.97. The first kappa shape index (κ1) is 13.6. The molecule has 1 unspecified atom stereocenters. The zero-order valence-corrected chi connectivity index (χ0v) is 10.7. The van der Waals surface area contributed by atoms with Crippen molar-refractivity contribution in [1.82, 2.24) is 10.3 Å². The molecule has 4 nitrogen and oxygen atoms in total. The molecule has 0 aromatic carbocycles. The van der Waals surface area contributed by atoms with E-state index in [0.29, 0.717) is 13.0 Å². The number of ether oxygens (including phenoxy) is 1. The average molecular weight is 244 g/mol. The number of hydrogen-bond donors (Lipinski definition) is 2. The van der Waals surface area contributed by atoms with Gasteiger partial charge < -0.3 is 15.2 Å². The molecule has 0 saturated carbocycles. The second kappa shape index (κ2) is 6.96. The fourth-order valence-corrected chi connectivity index (χ4v) is 2.22. The Bertz CT molecular complexity index is 276. The molecule has 1 aromatic rings. The van der Waals surface area contributed by atoms with Crippen molar-refractivity contribution in [3.8, 4) is 0 Å². The summed E-state index contributed by atoms with van der Waals surface area (Å²) in [6, 6.07) is 0. The summed E-state index contributed by atoms with van der Waals surface area (Å²) < 4.78 is 4.93. The molecule has 1 heterocycles. The first-order valence-electron chi connectivity index (χ1n) is 5.43. The third-order valence-electron chi connectivity index (χ3n) is 2.36. The largest absolute Gasteiger partial charge is 0.390 e. The summed E-state index contributed by atoms with van der Waals surface area (Å²) in [5.41, 5.74) is 1.13. The standard InChI is InChI=1S/C11H20N2O2S/c1-11(14,3-4-12-5-6-15-2)7-10-8-13-9-16-10/h8-9,12,14H,3-7H2,1-2H3. The third-order valence-corrected chi connectivity index (χ3v) is 3.14. The lowest BCUT2D eigenvalue weighted by Crippen LogP contribution is -2.32. The van der Waals surface area contributed by atoms with Crippen LogP contribution in [0.1, 0.15) is 18.2 Å². The van der Waals surface area contributed by atoms with Crippen LogP contribution in [0.15, 0.2) is 11.7 Å². The first-order valence-corrected chi connectivity index (χ1v) is 6.31. The lowest BCUT2D eigenvalue weighted by molar-refractivity contribution is 0.0518. The maximum Gasteiger partial charge on any atom is 0.0794 e. The number of thiazole rings is 1. The van der Waals surface area contributed by atoms with E-state index in [9.17, 15) is 5.11 Å². The Morgan fingerprint density at radius 2 is 2.38 bits per heavy atom. The molecule has 0 amide bonds. The highest BCUT2D eigenvalue weighted by molar-refractivity contribution is 7.09. The Kier molecular flexibility index (Phi) is 5.90. The maximum absolute atomic E-state index is 10.2. The highest BCUT2D eigenvalue weighted by Crippen LogP contribution is 2.18.